The van der Waals surface area contributed by atoms with Crippen molar-refractivity contribution in [3.63, 3.8) is 0 Å². The summed E-state index contributed by atoms with van der Waals surface area (Å²) in [7, 11) is 1.50. The number of nitrogens with one attached hydrogen (secondary N) is 1. The van der Waals surface area contributed by atoms with Gasteiger partial charge in [0.05, 0.1) is 18.8 Å². The van der Waals surface area contributed by atoms with Gasteiger partial charge in [-0.3, -0.25) is 4.79 Å². The molecule has 1 aromatic heterocycles. The van der Waals surface area contributed by atoms with Crippen LogP contribution in [0.25, 0.3) is 0 Å². The molecule has 172 valence electrons. The number of hydrogen-bond acceptors (Lipinski definition) is 7. The predicted molar refractivity (Wildman–Crippen MR) is 123 cm³/mol. The van der Waals surface area contributed by atoms with Gasteiger partial charge >= 0.3 is 0 Å². The molecule has 2 aliphatic rings. The van der Waals surface area contributed by atoms with E-state index >= 15 is 0 Å². The van der Waals surface area contributed by atoms with Crippen molar-refractivity contribution in [1.29, 1.82) is 0 Å². The number of benzene rings is 1. The number of fused-ring (bicyclic) bond motifs is 2. The quantitative estimate of drug-likeness (QED) is 0.610. The molecule has 0 spiro atoms. The maximum absolute atomic E-state index is 14.5. The normalized spacial score (nSPS) is 21.8. The van der Waals surface area contributed by atoms with E-state index in [2.05, 4.69) is 15.3 Å². The third kappa shape index (κ3) is 4.48. The molecular weight excluding hydrogens is 431 g/mol. The second-order valence-corrected chi connectivity index (χ2v) is 9.91. The molecule has 2 saturated heterocycles. The molecule has 1 N–H and O–H groups in total. The van der Waals surface area contributed by atoms with Gasteiger partial charge in [0.25, 0.3) is 11.1 Å². The Morgan fingerprint density at radius 3 is 2.84 bits per heavy atom. The molecule has 2 aromatic rings. The van der Waals surface area contributed by atoms with Crippen LogP contribution >= 0.6 is 11.8 Å². The van der Waals surface area contributed by atoms with Crippen LogP contribution < -0.4 is 14.8 Å². The molecule has 0 radical (unpaired) electrons. The topological polar surface area (TPSA) is 76.6 Å². The molecule has 1 amide bonds. The van der Waals surface area contributed by atoms with Gasteiger partial charge in [-0.2, -0.15) is 4.98 Å². The fourth-order valence-corrected chi connectivity index (χ4v) is 5.28. The minimum atomic E-state index is -0.364. The highest BCUT2D eigenvalue weighted by molar-refractivity contribution is 8.14. The summed E-state index contributed by atoms with van der Waals surface area (Å²) < 4.78 is 26.3. The van der Waals surface area contributed by atoms with E-state index in [1.54, 1.807) is 6.07 Å². The average molecular weight is 461 g/mol. The lowest BCUT2D eigenvalue weighted by atomic mass is 9.98. The number of nitrogens with zero attached hydrogens (tertiary/aromatic N) is 3. The Hall–Kier alpha value is -2.55. The van der Waals surface area contributed by atoms with Crippen molar-refractivity contribution in [3.05, 3.63) is 35.9 Å². The van der Waals surface area contributed by atoms with E-state index in [0.717, 1.165) is 31.2 Å². The number of methoxy groups -OCH3 is 1. The number of carbonyl (C=O) groups is 1. The molecule has 7 nitrogen and oxygen atoms in total. The second-order valence-electron chi connectivity index (χ2n) is 8.38. The minimum Gasteiger partial charge on any atom is -0.489 e. The summed E-state index contributed by atoms with van der Waals surface area (Å²) in [5.74, 6) is 0.560. The van der Waals surface area contributed by atoms with Crippen molar-refractivity contribution < 1.29 is 18.7 Å². The number of aryl methyl sites for hydroxylation is 1. The van der Waals surface area contributed by atoms with E-state index in [0.29, 0.717) is 17.3 Å². The number of halogens is 1. The smallest absolute Gasteiger partial charge is 0.282 e. The summed E-state index contributed by atoms with van der Waals surface area (Å²) in [6, 6.07) is 5.27. The lowest BCUT2D eigenvalue weighted by Crippen LogP contribution is -2.37. The van der Waals surface area contributed by atoms with E-state index in [1.807, 2.05) is 31.7 Å². The van der Waals surface area contributed by atoms with Gasteiger partial charge in [-0.25, -0.2) is 9.37 Å². The second kappa shape index (κ2) is 9.52. The van der Waals surface area contributed by atoms with Crippen LogP contribution in [0.4, 0.5) is 20.7 Å². The molecule has 0 aliphatic carbocycles. The average Bonchev–Trinajstić information content (AvgIpc) is 3.33. The molecule has 2 bridgehead atoms. The van der Waals surface area contributed by atoms with E-state index in [4.69, 9.17) is 9.47 Å². The van der Waals surface area contributed by atoms with Crippen LogP contribution in [0.5, 0.6) is 11.6 Å². The number of rotatable bonds is 7. The minimum absolute atomic E-state index is 0.0221. The van der Waals surface area contributed by atoms with E-state index < -0.39 is 0 Å². The lowest BCUT2D eigenvalue weighted by molar-refractivity contribution is 0.141. The standard InChI is InChI=1S/C23H29FN4O3S/c1-5-14-6-8-17(16(24)10-14)27-21-20(30-4)22(26-12-25-21)31-19-11-15-7-9-18(19)28(15)23(29)32-13(2)3/h6,8,10,12-13,15,18-19H,5,7,9,11H2,1-4H3,(H,25,26,27)/t15?,18?,19-/m0/s1. The highest BCUT2D eigenvalue weighted by atomic mass is 32.2. The summed E-state index contributed by atoms with van der Waals surface area (Å²) in [4.78, 5) is 23.2. The fourth-order valence-electron chi connectivity index (χ4n) is 4.47. The molecule has 3 atom stereocenters. The fraction of sp³-hybridized carbons (Fsp3) is 0.522. The molecule has 2 aliphatic heterocycles. The van der Waals surface area contributed by atoms with Crippen molar-refractivity contribution in [2.45, 2.75) is 69.9 Å². The van der Waals surface area contributed by atoms with Crippen LogP contribution in [0.15, 0.2) is 24.5 Å². The number of carbonyl (C=O) groups excluding carboxylic acids is 1. The van der Waals surface area contributed by atoms with E-state index in [-0.39, 0.29) is 40.4 Å². The Kier molecular flexibility index (Phi) is 6.74. The van der Waals surface area contributed by atoms with Gasteiger partial charge in [0.2, 0.25) is 5.75 Å². The molecule has 32 heavy (non-hydrogen) atoms. The van der Waals surface area contributed by atoms with Crippen molar-refractivity contribution in [2.75, 3.05) is 12.4 Å². The first-order chi connectivity index (χ1) is 15.4. The molecule has 3 heterocycles. The summed E-state index contributed by atoms with van der Waals surface area (Å²) in [6.07, 6.45) is 4.62. The first-order valence-corrected chi connectivity index (χ1v) is 11.9. The molecule has 2 unspecified atom stereocenters. The summed E-state index contributed by atoms with van der Waals surface area (Å²) in [5.41, 5.74) is 1.21. The zero-order valence-electron chi connectivity index (χ0n) is 18.8. The zero-order valence-corrected chi connectivity index (χ0v) is 19.6. The number of amides is 1. The van der Waals surface area contributed by atoms with Gasteiger partial charge in [-0.05, 0) is 37.0 Å². The molecule has 1 aromatic carbocycles. The molecular formula is C23H29FN4O3S. The Morgan fingerprint density at radius 2 is 2.16 bits per heavy atom. The van der Waals surface area contributed by atoms with Gasteiger partial charge in [0.15, 0.2) is 5.82 Å². The highest BCUT2D eigenvalue weighted by Crippen LogP contribution is 2.43. The van der Waals surface area contributed by atoms with Crippen molar-refractivity contribution >= 4 is 28.5 Å². The summed E-state index contributed by atoms with van der Waals surface area (Å²) in [5, 5.41) is 3.34. The molecule has 0 saturated carbocycles. The van der Waals surface area contributed by atoms with E-state index in [9.17, 15) is 9.18 Å². The number of anilines is 2. The van der Waals surface area contributed by atoms with Crippen molar-refractivity contribution in [2.24, 2.45) is 0 Å². The Morgan fingerprint density at radius 1 is 1.34 bits per heavy atom. The van der Waals surface area contributed by atoms with Crippen molar-refractivity contribution in [3.8, 4) is 11.6 Å². The van der Waals surface area contributed by atoms with Gasteiger partial charge < -0.3 is 19.7 Å². The van der Waals surface area contributed by atoms with Crippen LogP contribution in [0.3, 0.4) is 0 Å². The van der Waals surface area contributed by atoms with Gasteiger partial charge in [0.1, 0.15) is 18.2 Å². The molecule has 4 rings (SSSR count). The monoisotopic (exact) mass is 460 g/mol. The first-order valence-electron chi connectivity index (χ1n) is 11.0. The largest absolute Gasteiger partial charge is 0.489 e. The number of aromatic nitrogens is 2. The number of thioether (sulfide) groups is 1. The summed E-state index contributed by atoms with van der Waals surface area (Å²) in [6.45, 7) is 6.02. The van der Waals surface area contributed by atoms with Crippen LogP contribution in [-0.4, -0.2) is 50.7 Å². The Bertz CT molecular complexity index is 990. The number of hydrogen-bond donors (Lipinski definition) is 1. The third-order valence-corrected chi connectivity index (χ3v) is 6.84. The maximum Gasteiger partial charge on any atom is 0.282 e. The van der Waals surface area contributed by atoms with Crippen LogP contribution in [-0.2, 0) is 6.42 Å². The molecule has 9 heteroatoms. The zero-order chi connectivity index (χ0) is 22.8. The number of ether oxygens (including phenoxy) is 2. The van der Waals surface area contributed by atoms with Gasteiger partial charge in [-0.15, -0.1) is 0 Å². The van der Waals surface area contributed by atoms with E-state index in [1.165, 1.54) is 31.3 Å². The first kappa shape index (κ1) is 22.6. The lowest BCUT2D eigenvalue weighted by Gasteiger charge is -2.25. The van der Waals surface area contributed by atoms with Crippen LogP contribution in [0.2, 0.25) is 0 Å². The molecule has 2 fully saturated rings. The van der Waals surface area contributed by atoms with Gasteiger partial charge in [0, 0.05) is 17.7 Å². The van der Waals surface area contributed by atoms with Crippen LogP contribution in [0, 0.1) is 5.82 Å². The maximum atomic E-state index is 14.5. The third-order valence-electron chi connectivity index (χ3n) is 5.96. The summed E-state index contributed by atoms with van der Waals surface area (Å²) >= 11 is 1.36. The Balaban J connectivity index is 1.52. The van der Waals surface area contributed by atoms with Gasteiger partial charge in [-0.1, -0.05) is 38.6 Å². The Labute approximate surface area is 192 Å². The van der Waals surface area contributed by atoms with Crippen LogP contribution in [0.1, 0.15) is 45.6 Å². The van der Waals surface area contributed by atoms with Crippen molar-refractivity contribution in [1.82, 2.24) is 14.9 Å². The highest BCUT2D eigenvalue weighted by Gasteiger charge is 2.50. The predicted octanol–water partition coefficient (Wildman–Crippen LogP) is 5.18. The SMILES string of the molecule is CCc1ccc(Nc2ncnc(O[C@H]3CC4CCC3N4C(=O)SC(C)C)c2OC)c(F)c1.